The summed E-state index contributed by atoms with van der Waals surface area (Å²) in [5.74, 6) is -0.352. The highest BCUT2D eigenvalue weighted by molar-refractivity contribution is 5.88. The summed E-state index contributed by atoms with van der Waals surface area (Å²) in [6.07, 6.45) is 6.00. The smallest absolute Gasteiger partial charge is 0.339 e. The zero-order valence-electron chi connectivity index (χ0n) is 12.0. The number of unbranched alkanes of at least 4 members (excludes halogenated alkanes) is 1. The maximum atomic E-state index is 11.0. The molecule has 0 spiro atoms. The Hall–Kier alpha value is -2.43. The molecule has 0 saturated carbocycles. The number of aromatic carboxylic acids is 1. The van der Waals surface area contributed by atoms with Gasteiger partial charge in [0.15, 0.2) is 0 Å². The summed E-state index contributed by atoms with van der Waals surface area (Å²) < 4.78 is 5.59. The molecule has 0 aliphatic carbocycles. The number of hydrogen-bond donors (Lipinski definition) is 1. The van der Waals surface area contributed by atoms with Crippen molar-refractivity contribution in [3.05, 3.63) is 53.6 Å². The molecule has 5 nitrogen and oxygen atoms in total. The van der Waals surface area contributed by atoms with Crippen LogP contribution in [-0.2, 0) is 13.0 Å². The Morgan fingerprint density at radius 3 is 2.71 bits per heavy atom. The van der Waals surface area contributed by atoms with Gasteiger partial charge in [-0.1, -0.05) is 25.5 Å². The summed E-state index contributed by atoms with van der Waals surface area (Å²) in [5, 5.41) is 9.05. The number of aromatic nitrogens is 2. The van der Waals surface area contributed by atoms with E-state index in [4.69, 9.17) is 9.84 Å². The third-order valence-corrected chi connectivity index (χ3v) is 3.14. The highest BCUT2D eigenvalue weighted by Crippen LogP contribution is 2.16. The minimum atomic E-state index is -1.05. The average Bonchev–Trinajstić information content (AvgIpc) is 2.52. The van der Waals surface area contributed by atoms with E-state index >= 15 is 0 Å². The van der Waals surface area contributed by atoms with Gasteiger partial charge in [0.05, 0.1) is 5.69 Å². The molecule has 0 radical (unpaired) electrons. The molecule has 0 bridgehead atoms. The molecule has 1 heterocycles. The molecule has 2 aromatic rings. The molecule has 0 aliphatic heterocycles. The third-order valence-electron chi connectivity index (χ3n) is 3.14. The van der Waals surface area contributed by atoms with E-state index < -0.39 is 5.97 Å². The number of ether oxygens (including phenoxy) is 1. The quantitative estimate of drug-likeness (QED) is 0.846. The number of carboxylic acids is 1. The van der Waals surface area contributed by atoms with Gasteiger partial charge in [-0.25, -0.2) is 14.8 Å². The van der Waals surface area contributed by atoms with Gasteiger partial charge in [-0.2, -0.15) is 0 Å². The summed E-state index contributed by atoms with van der Waals surface area (Å²) in [6.45, 7) is 2.28. The van der Waals surface area contributed by atoms with Crippen LogP contribution in [0.4, 0.5) is 0 Å². The van der Waals surface area contributed by atoms with Crippen LogP contribution in [0.3, 0.4) is 0 Å². The lowest BCUT2D eigenvalue weighted by Crippen LogP contribution is -2.08. The Labute approximate surface area is 123 Å². The van der Waals surface area contributed by atoms with Gasteiger partial charge >= 0.3 is 5.97 Å². The molecule has 0 atom stereocenters. The van der Waals surface area contributed by atoms with Gasteiger partial charge in [0.2, 0.25) is 0 Å². The van der Waals surface area contributed by atoms with Crippen molar-refractivity contribution in [3.63, 3.8) is 0 Å². The zero-order chi connectivity index (χ0) is 15.1. The fourth-order valence-electron chi connectivity index (χ4n) is 1.93. The molecular formula is C16H18N2O3. The van der Waals surface area contributed by atoms with Gasteiger partial charge in [-0.05, 0) is 30.5 Å². The summed E-state index contributed by atoms with van der Waals surface area (Å²) in [4.78, 5) is 18.7. The fourth-order valence-corrected chi connectivity index (χ4v) is 1.93. The van der Waals surface area contributed by atoms with E-state index in [0.29, 0.717) is 11.4 Å². The van der Waals surface area contributed by atoms with E-state index in [1.165, 1.54) is 30.9 Å². The molecule has 110 valence electrons. The second-order valence-electron chi connectivity index (χ2n) is 4.72. The number of rotatable bonds is 7. The number of aryl methyl sites for hydroxylation is 1. The first-order valence-electron chi connectivity index (χ1n) is 6.94. The van der Waals surface area contributed by atoms with E-state index in [2.05, 4.69) is 16.9 Å². The first-order chi connectivity index (χ1) is 10.2. The van der Waals surface area contributed by atoms with Gasteiger partial charge in [0.1, 0.15) is 24.2 Å². The summed E-state index contributed by atoms with van der Waals surface area (Å²) in [5.41, 5.74) is 1.71. The Morgan fingerprint density at radius 2 is 2.05 bits per heavy atom. The highest BCUT2D eigenvalue weighted by atomic mass is 16.5. The predicted octanol–water partition coefficient (Wildman–Crippen LogP) is 3.10. The number of carbonyl (C=O) groups is 1. The lowest BCUT2D eigenvalue weighted by atomic mass is 10.1. The van der Waals surface area contributed by atoms with Crippen molar-refractivity contribution in [2.24, 2.45) is 0 Å². The number of nitrogens with zero attached hydrogens (tertiary/aromatic N) is 2. The normalized spacial score (nSPS) is 10.3. The number of carboxylic acid groups (broad SMARTS) is 1. The van der Waals surface area contributed by atoms with Crippen molar-refractivity contribution < 1.29 is 14.6 Å². The van der Waals surface area contributed by atoms with Crippen molar-refractivity contribution >= 4 is 5.97 Å². The monoisotopic (exact) mass is 286 g/mol. The Bertz CT molecular complexity index is 597. The number of benzene rings is 1. The van der Waals surface area contributed by atoms with Crippen molar-refractivity contribution in [2.45, 2.75) is 32.8 Å². The van der Waals surface area contributed by atoms with Crippen LogP contribution in [-0.4, -0.2) is 21.0 Å². The number of hydrogen-bond acceptors (Lipinski definition) is 4. The first-order valence-corrected chi connectivity index (χ1v) is 6.94. The summed E-state index contributed by atoms with van der Waals surface area (Å²) in [6, 6.07) is 7.85. The van der Waals surface area contributed by atoms with Crippen molar-refractivity contribution in [2.75, 3.05) is 0 Å². The largest absolute Gasteiger partial charge is 0.487 e. The minimum absolute atomic E-state index is 0.0667. The maximum Gasteiger partial charge on any atom is 0.339 e. The first kappa shape index (κ1) is 15.0. The molecule has 0 unspecified atom stereocenters. The van der Waals surface area contributed by atoms with Gasteiger partial charge < -0.3 is 9.84 Å². The van der Waals surface area contributed by atoms with E-state index in [0.717, 1.165) is 6.42 Å². The van der Waals surface area contributed by atoms with Crippen LogP contribution >= 0.6 is 0 Å². The third kappa shape index (κ3) is 4.27. The minimum Gasteiger partial charge on any atom is -0.487 e. The standard InChI is InChI=1S/C16H18N2O3/c1-2-3-4-12-5-7-13(8-6-12)21-10-15-14(16(19)20)9-17-11-18-15/h5-9,11H,2-4,10H2,1H3,(H,19,20). The van der Waals surface area contributed by atoms with E-state index in [1.54, 1.807) is 0 Å². The van der Waals surface area contributed by atoms with Crippen molar-refractivity contribution in [1.82, 2.24) is 9.97 Å². The van der Waals surface area contributed by atoms with Crippen LogP contribution in [0.15, 0.2) is 36.8 Å². The van der Waals surface area contributed by atoms with Gasteiger partial charge in [-0.15, -0.1) is 0 Å². The van der Waals surface area contributed by atoms with E-state index in [-0.39, 0.29) is 12.2 Å². The Kier molecular flexibility index (Phi) is 5.26. The summed E-state index contributed by atoms with van der Waals surface area (Å²) >= 11 is 0. The molecule has 21 heavy (non-hydrogen) atoms. The van der Waals surface area contributed by atoms with Crippen LogP contribution in [0, 0.1) is 0 Å². The molecule has 2 rings (SSSR count). The predicted molar refractivity (Wildman–Crippen MR) is 78.4 cm³/mol. The van der Waals surface area contributed by atoms with Crippen LogP contribution in [0.2, 0.25) is 0 Å². The molecular weight excluding hydrogens is 268 g/mol. The SMILES string of the molecule is CCCCc1ccc(OCc2ncncc2C(=O)O)cc1. The second-order valence-corrected chi connectivity index (χ2v) is 4.72. The van der Waals surface area contributed by atoms with E-state index in [9.17, 15) is 4.79 Å². The lowest BCUT2D eigenvalue weighted by Gasteiger charge is -2.08. The highest BCUT2D eigenvalue weighted by Gasteiger charge is 2.11. The topological polar surface area (TPSA) is 72.3 Å². The van der Waals surface area contributed by atoms with Crippen LogP contribution in [0.1, 0.15) is 41.4 Å². The van der Waals surface area contributed by atoms with Crippen LogP contribution in [0.5, 0.6) is 5.75 Å². The lowest BCUT2D eigenvalue weighted by molar-refractivity contribution is 0.0692. The second kappa shape index (κ2) is 7.38. The molecule has 0 amide bonds. The maximum absolute atomic E-state index is 11.0. The molecule has 1 N–H and O–H groups in total. The van der Waals surface area contributed by atoms with Gasteiger partial charge in [0.25, 0.3) is 0 Å². The molecule has 1 aromatic carbocycles. The van der Waals surface area contributed by atoms with Gasteiger partial charge in [-0.3, -0.25) is 0 Å². The van der Waals surface area contributed by atoms with Gasteiger partial charge in [0, 0.05) is 6.20 Å². The molecule has 1 aromatic heterocycles. The van der Waals surface area contributed by atoms with Crippen molar-refractivity contribution in [3.8, 4) is 5.75 Å². The average molecular weight is 286 g/mol. The Morgan fingerprint density at radius 1 is 1.29 bits per heavy atom. The van der Waals surface area contributed by atoms with E-state index in [1.807, 2.05) is 24.3 Å². The molecule has 0 saturated heterocycles. The van der Waals surface area contributed by atoms with Crippen LogP contribution < -0.4 is 4.74 Å². The zero-order valence-corrected chi connectivity index (χ0v) is 12.0. The molecule has 5 heteroatoms. The molecule has 0 aliphatic rings. The molecule has 0 fully saturated rings. The van der Waals surface area contributed by atoms with Crippen molar-refractivity contribution in [1.29, 1.82) is 0 Å². The fraction of sp³-hybridized carbons (Fsp3) is 0.312. The Balaban J connectivity index is 1.98. The summed E-state index contributed by atoms with van der Waals surface area (Å²) in [7, 11) is 0. The van der Waals surface area contributed by atoms with Crippen LogP contribution in [0.25, 0.3) is 0 Å².